The summed E-state index contributed by atoms with van der Waals surface area (Å²) in [6, 6.07) is 7.78. The number of halogens is 2. The molecule has 3 rings (SSSR count). The number of carbonyl (C=O) groups excluding carboxylic acids is 1. The number of aromatic nitrogens is 2. The Labute approximate surface area is 139 Å². The summed E-state index contributed by atoms with van der Waals surface area (Å²) in [6.07, 6.45) is 3.50. The molecule has 1 aliphatic rings. The van der Waals surface area contributed by atoms with Crippen LogP contribution in [0.15, 0.2) is 30.5 Å². The summed E-state index contributed by atoms with van der Waals surface area (Å²) >= 11 is 11.9. The van der Waals surface area contributed by atoms with Gasteiger partial charge in [-0.05, 0) is 12.1 Å². The van der Waals surface area contributed by atoms with Gasteiger partial charge in [-0.15, -0.1) is 23.2 Å². The first-order valence-corrected chi connectivity index (χ1v) is 8.07. The quantitative estimate of drug-likeness (QED) is 0.871. The fraction of sp³-hybridized carbons (Fsp3) is 0.438. The number of fused-ring (bicyclic) bond motifs is 1. The van der Waals surface area contributed by atoms with Crippen molar-refractivity contribution in [1.29, 1.82) is 0 Å². The van der Waals surface area contributed by atoms with Crippen molar-refractivity contribution >= 4 is 40.1 Å². The Hall–Kier alpha value is -1.39. The van der Waals surface area contributed by atoms with E-state index in [4.69, 9.17) is 23.2 Å². The summed E-state index contributed by atoms with van der Waals surface area (Å²) in [5, 5.41) is 2.97. The predicted molar refractivity (Wildman–Crippen MR) is 88.0 cm³/mol. The zero-order valence-electron chi connectivity index (χ0n) is 12.2. The summed E-state index contributed by atoms with van der Waals surface area (Å²) in [4.78, 5) is 21.1. The molecule has 0 bridgehead atoms. The van der Waals surface area contributed by atoms with Gasteiger partial charge in [-0.3, -0.25) is 9.78 Å². The number of carbonyl (C=O) groups is 1. The fourth-order valence-corrected chi connectivity index (χ4v) is 3.35. The van der Waals surface area contributed by atoms with E-state index in [-0.39, 0.29) is 17.9 Å². The standard InChI is InChI=1S/C16H17Cl2N3O/c1-10(15(22)21-12-7-16(17,18)8-12)6-11-9-19-13-4-2-3-5-14(13)20-11/h2-5,9-10,12H,6-8H2,1H3,(H,21,22). The Morgan fingerprint density at radius 2 is 2.05 bits per heavy atom. The molecule has 0 saturated heterocycles. The topological polar surface area (TPSA) is 54.9 Å². The number of amides is 1. The molecule has 0 aliphatic heterocycles. The van der Waals surface area contributed by atoms with Gasteiger partial charge >= 0.3 is 0 Å². The average molecular weight is 338 g/mol. The number of nitrogens with one attached hydrogen (secondary N) is 1. The van der Waals surface area contributed by atoms with Crippen LogP contribution in [-0.4, -0.2) is 26.3 Å². The molecule has 2 aromatic rings. The van der Waals surface area contributed by atoms with E-state index in [0.29, 0.717) is 19.3 Å². The van der Waals surface area contributed by atoms with Crippen molar-refractivity contribution in [3.8, 4) is 0 Å². The lowest BCUT2D eigenvalue weighted by Gasteiger charge is -2.38. The number of hydrogen-bond acceptors (Lipinski definition) is 3. The van der Waals surface area contributed by atoms with E-state index in [0.717, 1.165) is 16.7 Å². The largest absolute Gasteiger partial charge is 0.353 e. The van der Waals surface area contributed by atoms with Gasteiger partial charge in [-0.2, -0.15) is 0 Å². The second-order valence-electron chi connectivity index (χ2n) is 5.92. The highest BCUT2D eigenvalue weighted by atomic mass is 35.5. The van der Waals surface area contributed by atoms with Gasteiger partial charge in [0.15, 0.2) is 0 Å². The van der Waals surface area contributed by atoms with Crippen molar-refractivity contribution in [3.05, 3.63) is 36.2 Å². The van der Waals surface area contributed by atoms with Gasteiger partial charge in [0.25, 0.3) is 0 Å². The third-order valence-corrected chi connectivity index (χ3v) is 4.52. The molecule has 1 aromatic carbocycles. The van der Waals surface area contributed by atoms with E-state index < -0.39 is 4.33 Å². The fourth-order valence-electron chi connectivity index (χ4n) is 2.61. The molecule has 1 amide bonds. The molecule has 1 N–H and O–H groups in total. The molecule has 116 valence electrons. The Morgan fingerprint density at radius 1 is 1.36 bits per heavy atom. The second kappa shape index (κ2) is 6.01. The normalized spacial score (nSPS) is 18.7. The predicted octanol–water partition coefficient (Wildman–Crippen LogP) is 3.26. The van der Waals surface area contributed by atoms with Crippen LogP contribution in [0.3, 0.4) is 0 Å². The van der Waals surface area contributed by atoms with Crippen molar-refractivity contribution in [2.24, 2.45) is 5.92 Å². The first-order valence-electron chi connectivity index (χ1n) is 7.32. The van der Waals surface area contributed by atoms with Crippen LogP contribution in [0.4, 0.5) is 0 Å². The second-order valence-corrected chi connectivity index (χ2v) is 7.57. The number of rotatable bonds is 4. The SMILES string of the molecule is CC(Cc1cnc2ccccc2n1)C(=O)NC1CC(Cl)(Cl)C1. The van der Waals surface area contributed by atoms with Gasteiger partial charge in [0.2, 0.25) is 5.91 Å². The average Bonchev–Trinajstić information content (AvgIpc) is 2.45. The van der Waals surface area contributed by atoms with Crippen LogP contribution < -0.4 is 5.32 Å². The number of nitrogens with zero attached hydrogens (tertiary/aromatic N) is 2. The van der Waals surface area contributed by atoms with Crippen molar-refractivity contribution < 1.29 is 4.79 Å². The zero-order valence-corrected chi connectivity index (χ0v) is 13.7. The molecule has 22 heavy (non-hydrogen) atoms. The van der Waals surface area contributed by atoms with Gasteiger partial charge in [0.05, 0.1) is 16.7 Å². The Kier molecular flexibility index (Phi) is 4.24. The molecule has 0 radical (unpaired) electrons. The number of benzene rings is 1. The van der Waals surface area contributed by atoms with Crippen LogP contribution in [0.5, 0.6) is 0 Å². The van der Waals surface area contributed by atoms with E-state index in [1.165, 1.54) is 0 Å². The maximum atomic E-state index is 12.2. The smallest absolute Gasteiger partial charge is 0.223 e. The van der Waals surface area contributed by atoms with Gasteiger partial charge in [-0.25, -0.2) is 4.98 Å². The van der Waals surface area contributed by atoms with E-state index in [1.54, 1.807) is 6.20 Å². The Bertz CT molecular complexity index is 697. The van der Waals surface area contributed by atoms with Crippen LogP contribution in [0.2, 0.25) is 0 Å². The molecule has 1 fully saturated rings. The summed E-state index contributed by atoms with van der Waals surface area (Å²) in [5.41, 5.74) is 2.53. The third kappa shape index (κ3) is 3.50. The Morgan fingerprint density at radius 3 is 2.73 bits per heavy atom. The maximum Gasteiger partial charge on any atom is 0.223 e. The molecule has 1 atom stereocenters. The first-order chi connectivity index (χ1) is 10.4. The molecule has 4 nitrogen and oxygen atoms in total. The molecule has 1 aliphatic carbocycles. The van der Waals surface area contributed by atoms with Gasteiger partial charge in [0, 0.05) is 37.4 Å². The highest BCUT2D eigenvalue weighted by Crippen LogP contribution is 2.42. The molecule has 1 aromatic heterocycles. The zero-order chi connectivity index (χ0) is 15.7. The lowest BCUT2D eigenvalue weighted by Crippen LogP contribution is -2.50. The summed E-state index contributed by atoms with van der Waals surface area (Å²) < 4.78 is -0.676. The minimum Gasteiger partial charge on any atom is -0.353 e. The van der Waals surface area contributed by atoms with Crippen molar-refractivity contribution in [3.63, 3.8) is 0 Å². The molecule has 0 spiro atoms. The van der Waals surface area contributed by atoms with Crippen LogP contribution in [-0.2, 0) is 11.2 Å². The monoisotopic (exact) mass is 337 g/mol. The molecular formula is C16H17Cl2N3O. The van der Waals surface area contributed by atoms with Crippen molar-refractivity contribution in [1.82, 2.24) is 15.3 Å². The van der Waals surface area contributed by atoms with Crippen LogP contribution in [0.1, 0.15) is 25.5 Å². The van der Waals surface area contributed by atoms with E-state index in [9.17, 15) is 4.79 Å². The molecule has 6 heteroatoms. The minimum absolute atomic E-state index is 0.00351. The van der Waals surface area contributed by atoms with Crippen LogP contribution in [0.25, 0.3) is 11.0 Å². The first kappa shape index (κ1) is 15.5. The lowest BCUT2D eigenvalue weighted by molar-refractivity contribution is -0.125. The van der Waals surface area contributed by atoms with Crippen molar-refractivity contribution in [2.45, 2.75) is 36.6 Å². The summed E-state index contributed by atoms with van der Waals surface area (Å²) in [5.74, 6) is -0.167. The highest BCUT2D eigenvalue weighted by molar-refractivity contribution is 6.49. The van der Waals surface area contributed by atoms with Gasteiger partial charge in [0.1, 0.15) is 4.33 Å². The number of alkyl halides is 2. The van der Waals surface area contributed by atoms with E-state index in [1.807, 2.05) is 31.2 Å². The number of hydrogen-bond donors (Lipinski definition) is 1. The third-order valence-electron chi connectivity index (χ3n) is 3.90. The molecule has 1 heterocycles. The van der Waals surface area contributed by atoms with Gasteiger partial charge < -0.3 is 5.32 Å². The number of para-hydroxylation sites is 2. The molecule has 1 unspecified atom stereocenters. The van der Waals surface area contributed by atoms with Crippen LogP contribution in [0, 0.1) is 5.92 Å². The van der Waals surface area contributed by atoms with Crippen LogP contribution >= 0.6 is 23.2 Å². The highest BCUT2D eigenvalue weighted by Gasteiger charge is 2.42. The lowest BCUT2D eigenvalue weighted by atomic mass is 9.90. The Balaban J connectivity index is 1.60. The minimum atomic E-state index is -0.676. The maximum absolute atomic E-state index is 12.2. The molecule has 1 saturated carbocycles. The van der Waals surface area contributed by atoms with E-state index >= 15 is 0 Å². The molecular weight excluding hydrogens is 321 g/mol. The summed E-state index contributed by atoms with van der Waals surface area (Å²) in [7, 11) is 0. The van der Waals surface area contributed by atoms with Crippen molar-refractivity contribution in [2.75, 3.05) is 0 Å². The van der Waals surface area contributed by atoms with E-state index in [2.05, 4.69) is 15.3 Å². The summed E-state index contributed by atoms with van der Waals surface area (Å²) in [6.45, 7) is 1.89. The van der Waals surface area contributed by atoms with Gasteiger partial charge in [-0.1, -0.05) is 19.1 Å².